The van der Waals surface area contributed by atoms with Gasteiger partial charge in [0.25, 0.3) is 10.0 Å². The predicted molar refractivity (Wildman–Crippen MR) is 58.3 cm³/mol. The molecule has 1 heterocycles. The van der Waals surface area contributed by atoms with Gasteiger partial charge in [-0.2, -0.15) is 10.1 Å². The maximum atomic E-state index is 13.5. The van der Waals surface area contributed by atoms with Crippen LogP contribution in [0.2, 0.25) is 0 Å². The lowest BCUT2D eigenvalue weighted by atomic mass is 10.2. The van der Waals surface area contributed by atoms with Crippen molar-refractivity contribution < 1.29 is 12.8 Å². The highest BCUT2D eigenvalue weighted by molar-refractivity contribution is 7.92. The quantitative estimate of drug-likeness (QED) is 0.859. The van der Waals surface area contributed by atoms with E-state index in [0.29, 0.717) is 5.56 Å². The van der Waals surface area contributed by atoms with Crippen molar-refractivity contribution in [3.05, 3.63) is 35.9 Å². The molecule has 8 heteroatoms. The fraction of sp³-hybridized carbons (Fsp3) is 0.111. The molecule has 1 aromatic heterocycles. The molecule has 1 aromatic carbocycles. The molecule has 6 nitrogen and oxygen atoms in total. The van der Waals surface area contributed by atoms with E-state index >= 15 is 0 Å². The van der Waals surface area contributed by atoms with Crippen LogP contribution in [0.4, 0.5) is 10.3 Å². The van der Waals surface area contributed by atoms with Crippen LogP contribution in [0.25, 0.3) is 0 Å². The summed E-state index contributed by atoms with van der Waals surface area (Å²) in [6.07, 6.45) is 1.14. The van der Waals surface area contributed by atoms with Gasteiger partial charge in [-0.25, -0.2) is 22.6 Å². The Balaban J connectivity index is 2.38. The van der Waals surface area contributed by atoms with Gasteiger partial charge in [-0.1, -0.05) is 6.07 Å². The molecule has 2 aromatic rings. The van der Waals surface area contributed by atoms with Crippen LogP contribution in [0.5, 0.6) is 0 Å². The number of aryl methyl sites for hydroxylation is 1. The molecule has 2 rings (SSSR count). The molecule has 0 fully saturated rings. The highest BCUT2D eigenvalue weighted by atomic mass is 32.2. The minimum atomic E-state index is -3.99. The molecule has 17 heavy (non-hydrogen) atoms. The van der Waals surface area contributed by atoms with E-state index in [0.717, 1.165) is 12.4 Å². The van der Waals surface area contributed by atoms with Crippen molar-refractivity contribution in [3.8, 4) is 0 Å². The second-order valence-corrected chi connectivity index (χ2v) is 5.02. The molecule has 2 N–H and O–H groups in total. The topological polar surface area (TPSA) is 87.7 Å². The molecule has 0 amide bonds. The van der Waals surface area contributed by atoms with E-state index in [1.165, 1.54) is 12.1 Å². The summed E-state index contributed by atoms with van der Waals surface area (Å²) in [4.78, 5) is 3.16. The first-order valence-corrected chi connectivity index (χ1v) is 6.12. The first-order valence-electron chi connectivity index (χ1n) is 4.63. The maximum absolute atomic E-state index is 13.5. The van der Waals surface area contributed by atoms with Gasteiger partial charge in [0.05, 0.1) is 0 Å². The van der Waals surface area contributed by atoms with E-state index in [-0.39, 0.29) is 5.95 Å². The fourth-order valence-electron chi connectivity index (χ4n) is 1.26. The monoisotopic (exact) mass is 256 g/mol. The number of anilines is 1. The summed E-state index contributed by atoms with van der Waals surface area (Å²) < 4.78 is 39.2. The van der Waals surface area contributed by atoms with Crippen molar-refractivity contribution >= 4 is 16.0 Å². The van der Waals surface area contributed by atoms with Gasteiger partial charge in [0.1, 0.15) is 17.0 Å². The van der Waals surface area contributed by atoms with Crippen molar-refractivity contribution in [2.24, 2.45) is 0 Å². The molecule has 0 saturated heterocycles. The number of aromatic amines is 1. The number of halogens is 1. The van der Waals surface area contributed by atoms with E-state index < -0.39 is 20.7 Å². The van der Waals surface area contributed by atoms with Crippen LogP contribution in [0.1, 0.15) is 5.56 Å². The highest BCUT2D eigenvalue weighted by Crippen LogP contribution is 2.17. The second-order valence-electron chi connectivity index (χ2n) is 3.37. The summed E-state index contributed by atoms with van der Waals surface area (Å²) in [6.45, 7) is 1.67. The Morgan fingerprint density at radius 1 is 1.41 bits per heavy atom. The Hall–Kier alpha value is -1.96. The molecule has 0 aliphatic rings. The highest BCUT2D eigenvalue weighted by Gasteiger charge is 2.19. The molecule has 0 spiro atoms. The number of nitrogens with zero attached hydrogens (tertiary/aromatic N) is 2. The third kappa shape index (κ3) is 2.41. The van der Waals surface area contributed by atoms with Crippen LogP contribution < -0.4 is 4.72 Å². The number of hydrogen-bond acceptors (Lipinski definition) is 4. The standard InChI is InChI=1S/C9H9FN4O2S/c1-6-2-3-8(7(10)4-6)17(15,16)14-9-11-5-12-13-9/h2-5H,1H3,(H2,11,12,13,14). The molecule has 0 aliphatic heterocycles. The summed E-state index contributed by atoms with van der Waals surface area (Å²) in [6, 6.07) is 3.86. The van der Waals surface area contributed by atoms with Crippen LogP contribution in [0.15, 0.2) is 29.4 Å². The smallest absolute Gasteiger partial charge is 0.247 e. The normalized spacial score (nSPS) is 11.4. The van der Waals surface area contributed by atoms with Gasteiger partial charge >= 0.3 is 0 Å². The summed E-state index contributed by atoms with van der Waals surface area (Å²) in [5.74, 6) is -0.873. The minimum Gasteiger partial charge on any atom is -0.247 e. The Kier molecular flexibility index (Phi) is 2.80. The van der Waals surface area contributed by atoms with Crippen molar-refractivity contribution in [1.82, 2.24) is 15.2 Å². The van der Waals surface area contributed by atoms with Crippen LogP contribution in [0, 0.1) is 12.7 Å². The first-order chi connectivity index (χ1) is 7.99. The van der Waals surface area contributed by atoms with Gasteiger partial charge in [-0.3, -0.25) is 0 Å². The number of sulfonamides is 1. The van der Waals surface area contributed by atoms with E-state index in [4.69, 9.17) is 0 Å². The average molecular weight is 256 g/mol. The van der Waals surface area contributed by atoms with Gasteiger partial charge in [0, 0.05) is 0 Å². The molecule has 0 aliphatic carbocycles. The summed E-state index contributed by atoms with van der Waals surface area (Å²) in [5.41, 5.74) is 0.640. The second kappa shape index (κ2) is 4.13. The van der Waals surface area contributed by atoms with Gasteiger partial charge in [-0.05, 0) is 24.6 Å². The molecule has 0 bridgehead atoms. The van der Waals surface area contributed by atoms with Crippen molar-refractivity contribution in [3.63, 3.8) is 0 Å². The molecule has 0 atom stereocenters. The summed E-state index contributed by atoms with van der Waals surface area (Å²) >= 11 is 0. The lowest BCUT2D eigenvalue weighted by molar-refractivity contribution is 0.569. The SMILES string of the molecule is Cc1ccc(S(=O)(=O)Nc2ncn[nH]2)c(F)c1. The van der Waals surface area contributed by atoms with E-state index in [1.807, 2.05) is 0 Å². The molecular weight excluding hydrogens is 247 g/mol. The molecule has 90 valence electrons. The number of rotatable bonds is 3. The van der Waals surface area contributed by atoms with E-state index in [1.54, 1.807) is 6.92 Å². The van der Waals surface area contributed by atoms with Crippen molar-refractivity contribution in [2.75, 3.05) is 4.72 Å². The predicted octanol–water partition coefficient (Wildman–Crippen LogP) is 1.05. The molecule has 0 radical (unpaired) electrons. The van der Waals surface area contributed by atoms with Crippen molar-refractivity contribution in [2.45, 2.75) is 11.8 Å². The Morgan fingerprint density at radius 3 is 2.76 bits per heavy atom. The third-order valence-corrected chi connectivity index (χ3v) is 3.40. The number of benzene rings is 1. The number of H-pyrrole nitrogens is 1. The lowest BCUT2D eigenvalue weighted by Crippen LogP contribution is -2.15. The third-order valence-electron chi connectivity index (χ3n) is 2.02. The number of aromatic nitrogens is 3. The van der Waals surface area contributed by atoms with Gasteiger partial charge < -0.3 is 0 Å². The molecule has 0 saturated carbocycles. The van der Waals surface area contributed by atoms with Crippen molar-refractivity contribution in [1.29, 1.82) is 0 Å². The average Bonchev–Trinajstić information content (AvgIpc) is 2.68. The molecular formula is C9H9FN4O2S. The van der Waals surface area contributed by atoms with Crippen LogP contribution >= 0.6 is 0 Å². The minimum absolute atomic E-state index is 0.0648. The fourth-order valence-corrected chi connectivity index (χ4v) is 2.29. The van der Waals surface area contributed by atoms with Gasteiger partial charge in [-0.15, -0.1) is 0 Å². The van der Waals surface area contributed by atoms with Crippen LogP contribution in [0.3, 0.4) is 0 Å². The van der Waals surface area contributed by atoms with E-state index in [9.17, 15) is 12.8 Å². The largest absolute Gasteiger partial charge is 0.267 e. The van der Waals surface area contributed by atoms with E-state index in [2.05, 4.69) is 19.9 Å². The van der Waals surface area contributed by atoms with Crippen LogP contribution in [-0.2, 0) is 10.0 Å². The Labute approximate surface area is 96.9 Å². The summed E-state index contributed by atoms with van der Waals surface area (Å²) in [5, 5.41) is 5.80. The van der Waals surface area contributed by atoms with Gasteiger partial charge in [0.2, 0.25) is 5.95 Å². The first kappa shape index (κ1) is 11.5. The zero-order valence-corrected chi connectivity index (χ0v) is 9.62. The number of hydrogen-bond donors (Lipinski definition) is 2. The Bertz CT molecular complexity index is 624. The van der Waals surface area contributed by atoms with Gasteiger partial charge in [0.15, 0.2) is 0 Å². The molecule has 0 unspecified atom stereocenters. The zero-order valence-electron chi connectivity index (χ0n) is 8.81. The lowest BCUT2D eigenvalue weighted by Gasteiger charge is -2.06. The maximum Gasteiger partial charge on any atom is 0.267 e. The summed E-state index contributed by atoms with van der Waals surface area (Å²) in [7, 11) is -3.99. The zero-order chi connectivity index (χ0) is 12.5. The van der Waals surface area contributed by atoms with Crippen LogP contribution in [-0.4, -0.2) is 23.6 Å². The number of nitrogens with one attached hydrogen (secondary N) is 2. The Morgan fingerprint density at radius 2 is 2.18 bits per heavy atom.